The first kappa shape index (κ1) is 20.3. The number of benzene rings is 1. The molecule has 0 unspecified atom stereocenters. The van der Waals surface area contributed by atoms with Crippen molar-refractivity contribution < 1.29 is 14.3 Å². The minimum absolute atomic E-state index is 0.126. The number of hydrogen-bond acceptors (Lipinski definition) is 3. The molecule has 1 aliphatic heterocycles. The van der Waals surface area contributed by atoms with Crippen molar-refractivity contribution in [1.29, 1.82) is 0 Å². The highest BCUT2D eigenvalue weighted by molar-refractivity contribution is 5.80. The molecule has 0 saturated carbocycles. The lowest BCUT2D eigenvalue weighted by Gasteiger charge is -2.35. The van der Waals surface area contributed by atoms with Crippen molar-refractivity contribution in [3.8, 4) is 5.75 Å². The van der Waals surface area contributed by atoms with Gasteiger partial charge < -0.3 is 14.5 Å². The van der Waals surface area contributed by atoms with E-state index in [0.717, 1.165) is 16.9 Å². The summed E-state index contributed by atoms with van der Waals surface area (Å²) in [5.74, 6) is 1.90. The highest BCUT2D eigenvalue weighted by atomic mass is 16.5. The second-order valence-electron chi connectivity index (χ2n) is 7.77. The van der Waals surface area contributed by atoms with Crippen LogP contribution in [0, 0.1) is 5.92 Å². The number of ether oxygens (including phenoxy) is 1. The van der Waals surface area contributed by atoms with E-state index in [9.17, 15) is 9.59 Å². The van der Waals surface area contributed by atoms with E-state index in [4.69, 9.17) is 4.74 Å². The number of piperazine rings is 1. The molecule has 1 aromatic carbocycles. The smallest absolute Gasteiger partial charge is 0.227 e. The van der Waals surface area contributed by atoms with Crippen LogP contribution in [-0.4, -0.2) is 54.9 Å². The lowest BCUT2D eigenvalue weighted by molar-refractivity contribution is -0.139. The molecule has 0 N–H and O–H groups in total. The molecule has 1 heterocycles. The Hall–Kier alpha value is -2.04. The Morgan fingerprint density at radius 3 is 2.08 bits per heavy atom. The van der Waals surface area contributed by atoms with Gasteiger partial charge in [0, 0.05) is 32.6 Å². The molecule has 1 aliphatic rings. The number of carbonyl (C=O) groups is 2. The van der Waals surface area contributed by atoms with Gasteiger partial charge >= 0.3 is 0 Å². The maximum Gasteiger partial charge on any atom is 0.227 e. The quantitative estimate of drug-likeness (QED) is 0.783. The van der Waals surface area contributed by atoms with Crippen LogP contribution in [0.2, 0.25) is 0 Å². The molecule has 0 radical (unpaired) electrons. The average Bonchev–Trinajstić information content (AvgIpc) is 2.61. The normalized spacial score (nSPS) is 14.9. The molecule has 1 fully saturated rings. The van der Waals surface area contributed by atoms with Gasteiger partial charge in [-0.25, -0.2) is 0 Å². The topological polar surface area (TPSA) is 49.9 Å². The fraction of sp³-hybridized carbons (Fsp3) is 0.619. The molecule has 0 aromatic heterocycles. The predicted octanol–water partition coefficient (Wildman–Crippen LogP) is 3.08. The third-order valence-corrected chi connectivity index (χ3v) is 4.84. The van der Waals surface area contributed by atoms with Gasteiger partial charge in [-0.2, -0.15) is 0 Å². The van der Waals surface area contributed by atoms with E-state index in [1.165, 1.54) is 0 Å². The third-order valence-electron chi connectivity index (χ3n) is 4.84. The van der Waals surface area contributed by atoms with Gasteiger partial charge in [-0.1, -0.05) is 39.8 Å². The van der Waals surface area contributed by atoms with Gasteiger partial charge in [0.15, 0.2) is 0 Å². The summed E-state index contributed by atoms with van der Waals surface area (Å²) in [5.41, 5.74) is 2.14. The average molecular weight is 360 g/mol. The van der Waals surface area contributed by atoms with Gasteiger partial charge in [-0.3, -0.25) is 9.59 Å². The van der Waals surface area contributed by atoms with E-state index in [-0.39, 0.29) is 11.8 Å². The second-order valence-corrected chi connectivity index (χ2v) is 7.77. The lowest BCUT2D eigenvalue weighted by Crippen LogP contribution is -2.51. The number of amides is 2. The molecule has 1 aromatic rings. The molecule has 5 heteroatoms. The standard InChI is InChI=1S/C21H32N2O3/c1-15(2)12-20(24)22-8-10-23(11-9-22)21(25)14-17-6-7-19(26-5)18(13-17)16(3)4/h6-7,13,15-16H,8-12,14H2,1-5H3. The summed E-state index contributed by atoms with van der Waals surface area (Å²) in [6.45, 7) is 10.9. The fourth-order valence-corrected chi connectivity index (χ4v) is 3.31. The first-order valence-electron chi connectivity index (χ1n) is 9.54. The SMILES string of the molecule is COc1ccc(CC(=O)N2CCN(C(=O)CC(C)C)CC2)cc1C(C)C. The number of hydrogen-bond donors (Lipinski definition) is 0. The highest BCUT2D eigenvalue weighted by Crippen LogP contribution is 2.27. The Morgan fingerprint density at radius 2 is 1.58 bits per heavy atom. The number of methoxy groups -OCH3 is 1. The van der Waals surface area contributed by atoms with E-state index in [1.807, 2.05) is 21.9 Å². The Kier molecular flexibility index (Phi) is 7.06. The highest BCUT2D eigenvalue weighted by Gasteiger charge is 2.24. The van der Waals surface area contributed by atoms with Crippen LogP contribution in [0.5, 0.6) is 5.75 Å². The van der Waals surface area contributed by atoms with Crippen molar-refractivity contribution in [2.75, 3.05) is 33.3 Å². The van der Waals surface area contributed by atoms with Crippen molar-refractivity contribution in [2.24, 2.45) is 5.92 Å². The maximum absolute atomic E-state index is 12.6. The largest absolute Gasteiger partial charge is 0.496 e. The van der Waals surface area contributed by atoms with Gasteiger partial charge in [0.2, 0.25) is 11.8 Å². The molecule has 5 nitrogen and oxygen atoms in total. The summed E-state index contributed by atoms with van der Waals surface area (Å²) in [4.78, 5) is 28.6. The molecule has 144 valence electrons. The van der Waals surface area contributed by atoms with E-state index < -0.39 is 0 Å². The Morgan fingerprint density at radius 1 is 1.00 bits per heavy atom. The molecular weight excluding hydrogens is 328 g/mol. The van der Waals surface area contributed by atoms with Crippen LogP contribution < -0.4 is 4.74 Å². The van der Waals surface area contributed by atoms with Gasteiger partial charge in [0.25, 0.3) is 0 Å². The van der Waals surface area contributed by atoms with Crippen LogP contribution in [0.1, 0.15) is 51.2 Å². The van der Waals surface area contributed by atoms with E-state index in [2.05, 4.69) is 33.8 Å². The lowest BCUT2D eigenvalue weighted by atomic mass is 9.98. The summed E-state index contributed by atoms with van der Waals surface area (Å²) in [5, 5.41) is 0. The van der Waals surface area contributed by atoms with Gasteiger partial charge in [-0.05, 0) is 29.0 Å². The summed E-state index contributed by atoms with van der Waals surface area (Å²) in [6.07, 6.45) is 0.974. The molecule has 0 atom stereocenters. The van der Waals surface area contributed by atoms with Gasteiger partial charge in [0.1, 0.15) is 5.75 Å². The Labute approximate surface area is 157 Å². The second kappa shape index (κ2) is 9.06. The van der Waals surface area contributed by atoms with Gasteiger partial charge in [0.05, 0.1) is 13.5 Å². The number of rotatable bonds is 6. The Balaban J connectivity index is 1.93. The fourth-order valence-electron chi connectivity index (χ4n) is 3.31. The molecule has 2 rings (SSSR count). The van der Waals surface area contributed by atoms with E-state index >= 15 is 0 Å². The van der Waals surface area contributed by atoms with Crippen molar-refractivity contribution in [3.63, 3.8) is 0 Å². The minimum atomic E-state index is 0.126. The minimum Gasteiger partial charge on any atom is -0.496 e. The monoisotopic (exact) mass is 360 g/mol. The predicted molar refractivity (Wildman–Crippen MR) is 103 cm³/mol. The molecule has 1 saturated heterocycles. The van der Waals surface area contributed by atoms with Crippen LogP contribution in [-0.2, 0) is 16.0 Å². The molecular formula is C21H32N2O3. The van der Waals surface area contributed by atoms with Gasteiger partial charge in [-0.15, -0.1) is 0 Å². The number of carbonyl (C=O) groups excluding carboxylic acids is 2. The van der Waals surface area contributed by atoms with Crippen LogP contribution in [0.3, 0.4) is 0 Å². The van der Waals surface area contributed by atoms with Crippen LogP contribution in [0.25, 0.3) is 0 Å². The first-order valence-corrected chi connectivity index (χ1v) is 9.54. The maximum atomic E-state index is 12.6. The Bertz CT molecular complexity index is 632. The summed E-state index contributed by atoms with van der Waals surface area (Å²) >= 11 is 0. The van der Waals surface area contributed by atoms with Crippen LogP contribution in [0.4, 0.5) is 0 Å². The third kappa shape index (κ3) is 5.23. The van der Waals surface area contributed by atoms with Crippen LogP contribution >= 0.6 is 0 Å². The summed E-state index contributed by atoms with van der Waals surface area (Å²) in [7, 11) is 1.67. The van der Waals surface area contributed by atoms with E-state index in [1.54, 1.807) is 7.11 Å². The molecule has 0 aliphatic carbocycles. The zero-order valence-corrected chi connectivity index (χ0v) is 16.7. The molecule has 2 amide bonds. The number of nitrogens with zero attached hydrogens (tertiary/aromatic N) is 2. The zero-order chi connectivity index (χ0) is 19.3. The van der Waals surface area contributed by atoms with Crippen molar-refractivity contribution >= 4 is 11.8 Å². The van der Waals surface area contributed by atoms with Crippen LogP contribution in [0.15, 0.2) is 18.2 Å². The van der Waals surface area contributed by atoms with E-state index in [0.29, 0.717) is 50.9 Å². The zero-order valence-electron chi connectivity index (χ0n) is 16.7. The first-order chi connectivity index (χ1) is 12.3. The summed E-state index contributed by atoms with van der Waals surface area (Å²) in [6, 6.07) is 5.98. The molecule has 0 spiro atoms. The van der Waals surface area contributed by atoms with Crippen molar-refractivity contribution in [1.82, 2.24) is 9.80 Å². The summed E-state index contributed by atoms with van der Waals surface area (Å²) < 4.78 is 5.41. The molecule has 0 bridgehead atoms. The molecule has 26 heavy (non-hydrogen) atoms. The van der Waals surface area contributed by atoms with Crippen molar-refractivity contribution in [3.05, 3.63) is 29.3 Å². The van der Waals surface area contributed by atoms with Crippen molar-refractivity contribution in [2.45, 2.75) is 46.5 Å².